The summed E-state index contributed by atoms with van der Waals surface area (Å²) in [5.41, 5.74) is 0.960. The van der Waals surface area contributed by atoms with Crippen molar-refractivity contribution in [3.05, 3.63) is 18.0 Å². The molecule has 21 heavy (non-hydrogen) atoms. The van der Waals surface area contributed by atoms with Gasteiger partial charge in [0.15, 0.2) is 0 Å². The van der Waals surface area contributed by atoms with Gasteiger partial charge < -0.3 is 14.6 Å². The van der Waals surface area contributed by atoms with Crippen LogP contribution in [-0.2, 0) is 21.3 Å². The van der Waals surface area contributed by atoms with Gasteiger partial charge in [0.25, 0.3) is 0 Å². The molecule has 0 aliphatic heterocycles. The first kappa shape index (κ1) is 18.2. The molecule has 2 N–H and O–H groups in total. The van der Waals surface area contributed by atoms with Crippen molar-refractivity contribution in [2.24, 2.45) is 0 Å². The van der Waals surface area contributed by atoms with E-state index in [0.29, 0.717) is 37.6 Å². The molecule has 1 rings (SSSR count). The second-order valence-corrected chi connectivity index (χ2v) is 6.91. The molecule has 0 aromatic carbocycles. The summed E-state index contributed by atoms with van der Waals surface area (Å²) in [4.78, 5) is 0.317. The van der Waals surface area contributed by atoms with E-state index in [4.69, 9.17) is 4.74 Å². The average Bonchev–Trinajstić information content (AvgIpc) is 2.84. The Hall–Kier alpha value is -0.890. The Labute approximate surface area is 127 Å². The Balaban J connectivity index is 2.76. The number of nitrogens with zero attached hydrogens (tertiary/aromatic N) is 1. The molecular formula is C14H27N3O3S. The quantitative estimate of drug-likeness (QED) is 0.641. The highest BCUT2D eigenvalue weighted by Gasteiger charge is 2.18. The van der Waals surface area contributed by atoms with Gasteiger partial charge in [-0.2, -0.15) is 0 Å². The Kier molecular flexibility index (Phi) is 7.37. The number of hydrogen-bond acceptors (Lipinski definition) is 4. The molecule has 0 atom stereocenters. The molecule has 6 nitrogen and oxygen atoms in total. The molecular weight excluding hydrogens is 290 g/mol. The van der Waals surface area contributed by atoms with Gasteiger partial charge in [0.1, 0.15) is 0 Å². The smallest absolute Gasteiger partial charge is 0.242 e. The number of rotatable bonds is 10. The third-order valence-electron chi connectivity index (χ3n) is 3.09. The van der Waals surface area contributed by atoms with Crippen LogP contribution in [0.5, 0.6) is 0 Å². The monoisotopic (exact) mass is 317 g/mol. The molecule has 0 fully saturated rings. The van der Waals surface area contributed by atoms with E-state index in [2.05, 4.69) is 10.0 Å². The lowest BCUT2D eigenvalue weighted by Gasteiger charge is -2.12. The number of sulfonamides is 1. The Morgan fingerprint density at radius 3 is 2.67 bits per heavy atom. The summed E-state index contributed by atoms with van der Waals surface area (Å²) in [6, 6.07) is 1.94. The fourth-order valence-electron chi connectivity index (χ4n) is 2.06. The lowest BCUT2D eigenvalue weighted by atomic mass is 10.3. The molecule has 0 saturated carbocycles. The van der Waals surface area contributed by atoms with Crippen LogP contribution in [0.1, 0.15) is 38.9 Å². The minimum absolute atomic E-state index is 0.218. The summed E-state index contributed by atoms with van der Waals surface area (Å²) in [5.74, 6) is 0. The van der Waals surface area contributed by atoms with E-state index in [-0.39, 0.29) is 6.04 Å². The predicted octanol–water partition coefficient (Wildman–Crippen LogP) is 1.49. The fourth-order valence-corrected chi connectivity index (χ4v) is 3.18. The van der Waals surface area contributed by atoms with E-state index < -0.39 is 10.0 Å². The molecule has 0 unspecified atom stereocenters. The molecule has 0 bridgehead atoms. The molecule has 122 valence electrons. The second-order valence-electron chi connectivity index (χ2n) is 5.15. The molecule has 1 heterocycles. The van der Waals surface area contributed by atoms with E-state index in [1.54, 1.807) is 12.3 Å². The highest BCUT2D eigenvalue weighted by Crippen LogP contribution is 2.18. The lowest BCUT2D eigenvalue weighted by Crippen LogP contribution is -2.25. The van der Waals surface area contributed by atoms with Crippen molar-refractivity contribution in [1.82, 2.24) is 14.6 Å². The van der Waals surface area contributed by atoms with E-state index in [9.17, 15) is 8.42 Å². The van der Waals surface area contributed by atoms with Crippen LogP contribution >= 0.6 is 0 Å². The summed E-state index contributed by atoms with van der Waals surface area (Å²) in [7, 11) is -1.61. The van der Waals surface area contributed by atoms with E-state index >= 15 is 0 Å². The normalized spacial score (nSPS) is 12.2. The molecule has 0 aliphatic rings. The number of ether oxygens (including phenoxy) is 1. The molecule has 1 aromatic heterocycles. The fraction of sp³-hybridized carbons (Fsp3) is 0.714. The highest BCUT2D eigenvalue weighted by molar-refractivity contribution is 7.89. The Morgan fingerprint density at radius 2 is 2.10 bits per heavy atom. The van der Waals surface area contributed by atoms with Crippen LogP contribution in [0.3, 0.4) is 0 Å². The first-order valence-electron chi connectivity index (χ1n) is 7.35. The molecule has 1 aromatic rings. The van der Waals surface area contributed by atoms with Crippen LogP contribution in [0, 0.1) is 0 Å². The van der Waals surface area contributed by atoms with Gasteiger partial charge in [-0.15, -0.1) is 0 Å². The van der Waals surface area contributed by atoms with Crippen molar-refractivity contribution >= 4 is 10.0 Å². The van der Waals surface area contributed by atoms with Crippen LogP contribution in [0.15, 0.2) is 17.2 Å². The summed E-state index contributed by atoms with van der Waals surface area (Å²) in [5, 5.41) is 3.06. The van der Waals surface area contributed by atoms with Crippen molar-refractivity contribution in [3.63, 3.8) is 0 Å². The van der Waals surface area contributed by atoms with Gasteiger partial charge in [-0.1, -0.05) is 0 Å². The van der Waals surface area contributed by atoms with Crippen molar-refractivity contribution in [1.29, 1.82) is 0 Å². The first-order chi connectivity index (χ1) is 9.92. The largest absolute Gasteiger partial charge is 0.382 e. The average molecular weight is 317 g/mol. The zero-order valence-corrected chi connectivity index (χ0v) is 14.2. The van der Waals surface area contributed by atoms with Gasteiger partial charge in [0.2, 0.25) is 10.0 Å². The van der Waals surface area contributed by atoms with Crippen molar-refractivity contribution in [3.8, 4) is 0 Å². The summed E-state index contributed by atoms with van der Waals surface area (Å²) in [6.45, 7) is 8.22. The van der Waals surface area contributed by atoms with Crippen molar-refractivity contribution in [2.75, 3.05) is 26.8 Å². The Morgan fingerprint density at radius 1 is 1.38 bits per heavy atom. The first-order valence-corrected chi connectivity index (χ1v) is 8.83. The second kappa shape index (κ2) is 8.53. The van der Waals surface area contributed by atoms with E-state index in [1.165, 1.54) is 0 Å². The Bertz CT molecular complexity index is 524. The van der Waals surface area contributed by atoms with Gasteiger partial charge >= 0.3 is 0 Å². The van der Waals surface area contributed by atoms with E-state index in [1.807, 2.05) is 32.4 Å². The minimum Gasteiger partial charge on any atom is -0.382 e. The number of nitrogens with one attached hydrogen (secondary N) is 2. The molecule has 0 radical (unpaired) electrons. The standard InChI is InChI=1S/C14H27N3O3S/c1-5-20-8-6-7-16-21(18,19)14-9-13(10-15-4)17(11-14)12(2)3/h9,11-12,15-16H,5-8,10H2,1-4H3. The van der Waals surface area contributed by atoms with Crippen LogP contribution in [-0.4, -0.2) is 39.8 Å². The molecule has 0 spiro atoms. The SMILES string of the molecule is CCOCCCNS(=O)(=O)c1cc(CNC)n(C(C)C)c1. The van der Waals surface area contributed by atoms with Gasteiger partial charge in [-0.25, -0.2) is 13.1 Å². The van der Waals surface area contributed by atoms with Crippen LogP contribution in [0.4, 0.5) is 0 Å². The van der Waals surface area contributed by atoms with Gasteiger partial charge in [-0.05, 0) is 40.3 Å². The summed E-state index contributed by atoms with van der Waals surface area (Å²) in [6.07, 6.45) is 2.36. The third-order valence-corrected chi connectivity index (χ3v) is 4.52. The van der Waals surface area contributed by atoms with Crippen molar-refractivity contribution < 1.29 is 13.2 Å². The summed E-state index contributed by atoms with van der Waals surface area (Å²) < 4.78 is 34.3. The van der Waals surface area contributed by atoms with Crippen LogP contribution in [0.2, 0.25) is 0 Å². The highest BCUT2D eigenvalue weighted by atomic mass is 32.2. The zero-order chi connectivity index (χ0) is 15.9. The van der Waals surface area contributed by atoms with Crippen LogP contribution in [0.25, 0.3) is 0 Å². The van der Waals surface area contributed by atoms with Gasteiger partial charge in [0, 0.05) is 44.2 Å². The maximum Gasteiger partial charge on any atom is 0.242 e. The van der Waals surface area contributed by atoms with Crippen molar-refractivity contribution in [2.45, 2.75) is 44.7 Å². The number of hydrogen-bond donors (Lipinski definition) is 2. The zero-order valence-electron chi connectivity index (χ0n) is 13.3. The third kappa shape index (κ3) is 5.43. The summed E-state index contributed by atoms with van der Waals surface area (Å²) >= 11 is 0. The lowest BCUT2D eigenvalue weighted by molar-refractivity contribution is 0.146. The minimum atomic E-state index is -3.46. The number of aromatic nitrogens is 1. The molecule has 0 aliphatic carbocycles. The van der Waals surface area contributed by atoms with Gasteiger partial charge in [-0.3, -0.25) is 0 Å². The van der Waals surface area contributed by atoms with Gasteiger partial charge in [0.05, 0.1) is 4.90 Å². The van der Waals surface area contributed by atoms with E-state index in [0.717, 1.165) is 5.69 Å². The molecule has 0 saturated heterocycles. The predicted molar refractivity (Wildman–Crippen MR) is 83.9 cm³/mol. The molecule has 0 amide bonds. The maximum absolute atomic E-state index is 12.3. The topological polar surface area (TPSA) is 72.4 Å². The maximum atomic E-state index is 12.3. The molecule has 7 heteroatoms. The van der Waals surface area contributed by atoms with Crippen LogP contribution < -0.4 is 10.0 Å².